The largest absolute Gasteiger partial charge is 0.465 e. The van der Waals surface area contributed by atoms with Crippen LogP contribution < -0.4 is 4.72 Å². The van der Waals surface area contributed by atoms with E-state index in [9.17, 15) is 8.42 Å². The summed E-state index contributed by atoms with van der Waals surface area (Å²) in [7, 11) is -3.54. The van der Waals surface area contributed by atoms with Crippen molar-refractivity contribution in [3.63, 3.8) is 0 Å². The Bertz CT molecular complexity index is 794. The van der Waals surface area contributed by atoms with E-state index in [4.69, 9.17) is 8.83 Å². The van der Waals surface area contributed by atoms with Gasteiger partial charge in [0.05, 0.1) is 0 Å². The molecular weight excluding hydrogens is 318 g/mol. The molecule has 0 saturated heterocycles. The highest BCUT2D eigenvalue weighted by Crippen LogP contribution is 2.30. The van der Waals surface area contributed by atoms with E-state index < -0.39 is 10.0 Å². The lowest BCUT2D eigenvalue weighted by Crippen LogP contribution is -2.33. The molecule has 1 aliphatic rings. The van der Waals surface area contributed by atoms with Crippen LogP contribution in [0, 0.1) is 26.7 Å². The number of nitrogens with one attached hydrogen (secondary N) is 1. The third-order valence-corrected chi connectivity index (χ3v) is 5.81. The smallest absolute Gasteiger partial charge is 0.244 e. The second-order valence-electron chi connectivity index (χ2n) is 6.19. The first-order chi connectivity index (χ1) is 10.8. The predicted molar refractivity (Wildman–Crippen MR) is 82.4 cm³/mol. The van der Waals surface area contributed by atoms with Crippen molar-refractivity contribution in [2.75, 3.05) is 0 Å². The van der Waals surface area contributed by atoms with Crippen molar-refractivity contribution in [3.8, 4) is 0 Å². The topological polar surface area (TPSA) is 98.2 Å². The van der Waals surface area contributed by atoms with Crippen LogP contribution in [0.25, 0.3) is 0 Å². The van der Waals surface area contributed by atoms with Gasteiger partial charge in [0.25, 0.3) is 0 Å². The maximum Gasteiger partial charge on any atom is 0.244 e. The van der Waals surface area contributed by atoms with Gasteiger partial charge in [-0.15, -0.1) is 10.2 Å². The van der Waals surface area contributed by atoms with Gasteiger partial charge in [0.2, 0.25) is 21.8 Å². The molecule has 126 valence electrons. The Hall–Kier alpha value is -1.67. The van der Waals surface area contributed by atoms with Crippen LogP contribution in [0.1, 0.15) is 42.6 Å². The summed E-state index contributed by atoms with van der Waals surface area (Å²) < 4.78 is 38.5. The number of furan rings is 1. The molecule has 0 spiro atoms. The molecule has 2 aromatic heterocycles. The van der Waals surface area contributed by atoms with Crippen molar-refractivity contribution >= 4 is 10.0 Å². The minimum Gasteiger partial charge on any atom is -0.465 e. The molecule has 23 heavy (non-hydrogen) atoms. The third kappa shape index (κ3) is 3.64. The van der Waals surface area contributed by atoms with Crippen molar-refractivity contribution in [2.24, 2.45) is 5.92 Å². The number of hydrogen-bond acceptors (Lipinski definition) is 6. The maximum absolute atomic E-state index is 12.5. The summed E-state index contributed by atoms with van der Waals surface area (Å²) in [5.41, 5.74) is 0. The zero-order valence-electron chi connectivity index (χ0n) is 13.5. The normalized spacial score (nSPS) is 21.9. The number of nitrogens with zero attached hydrogens (tertiary/aromatic N) is 2. The average Bonchev–Trinajstić information content (AvgIpc) is 3.12. The van der Waals surface area contributed by atoms with Gasteiger partial charge in [-0.2, -0.15) is 0 Å². The first kappa shape index (κ1) is 16.2. The lowest BCUT2D eigenvalue weighted by molar-refractivity contribution is 0.413. The number of aryl methyl sites for hydroxylation is 3. The Labute approximate surface area is 135 Å². The van der Waals surface area contributed by atoms with Crippen LogP contribution >= 0.6 is 0 Å². The van der Waals surface area contributed by atoms with Gasteiger partial charge >= 0.3 is 0 Å². The monoisotopic (exact) mass is 339 g/mol. The van der Waals surface area contributed by atoms with Crippen molar-refractivity contribution in [1.29, 1.82) is 0 Å². The summed E-state index contributed by atoms with van der Waals surface area (Å²) in [5.74, 6) is 2.55. The molecular formula is C15H21N3O4S. The van der Waals surface area contributed by atoms with Crippen LogP contribution in [0.3, 0.4) is 0 Å². The second kappa shape index (κ2) is 6.09. The molecule has 0 bridgehead atoms. The van der Waals surface area contributed by atoms with E-state index in [2.05, 4.69) is 14.9 Å². The molecule has 2 aromatic rings. The molecule has 0 unspecified atom stereocenters. The quantitative estimate of drug-likeness (QED) is 0.897. The molecule has 7 nitrogen and oxygen atoms in total. The number of aromatic nitrogens is 2. The van der Waals surface area contributed by atoms with Gasteiger partial charge in [0.15, 0.2) is 0 Å². The fourth-order valence-electron chi connectivity index (χ4n) is 3.19. The van der Waals surface area contributed by atoms with Crippen LogP contribution in [0.2, 0.25) is 0 Å². The fraction of sp³-hybridized carbons (Fsp3) is 0.600. The Balaban J connectivity index is 1.62. The summed E-state index contributed by atoms with van der Waals surface area (Å²) in [4.78, 5) is 0.228. The van der Waals surface area contributed by atoms with Crippen molar-refractivity contribution < 1.29 is 17.3 Å². The number of hydrogen-bond donors (Lipinski definition) is 1. The van der Waals surface area contributed by atoms with E-state index >= 15 is 0 Å². The van der Waals surface area contributed by atoms with Gasteiger partial charge in [-0.3, -0.25) is 0 Å². The van der Waals surface area contributed by atoms with Gasteiger partial charge < -0.3 is 8.83 Å². The fourth-order valence-corrected chi connectivity index (χ4v) is 4.71. The molecule has 1 fully saturated rings. The predicted octanol–water partition coefficient (Wildman–Crippen LogP) is 2.28. The Morgan fingerprint density at radius 3 is 2.61 bits per heavy atom. The Morgan fingerprint density at radius 2 is 2.00 bits per heavy atom. The molecule has 1 N–H and O–H groups in total. The number of rotatable bonds is 5. The standard InChI is InChI=1S/C15H21N3O4S/c1-9-6-14(10(2)21-9)23(19,20)18-13-5-4-12(7-13)8-15-17-16-11(3)22-15/h6,12-13,18H,4-5,7-8H2,1-3H3/t12-,13+/m1/s1. The molecule has 1 aliphatic carbocycles. The summed E-state index contributed by atoms with van der Waals surface area (Å²) >= 11 is 0. The van der Waals surface area contributed by atoms with Crippen molar-refractivity contribution in [1.82, 2.24) is 14.9 Å². The van der Waals surface area contributed by atoms with Crippen LogP contribution in [-0.2, 0) is 16.4 Å². The van der Waals surface area contributed by atoms with Gasteiger partial charge in [0, 0.05) is 19.4 Å². The molecule has 0 amide bonds. The van der Waals surface area contributed by atoms with E-state index in [-0.39, 0.29) is 10.9 Å². The average molecular weight is 339 g/mol. The first-order valence-electron chi connectivity index (χ1n) is 7.72. The zero-order chi connectivity index (χ0) is 16.6. The lowest BCUT2D eigenvalue weighted by Gasteiger charge is -2.12. The van der Waals surface area contributed by atoms with Crippen LogP contribution in [-0.4, -0.2) is 24.7 Å². The zero-order valence-corrected chi connectivity index (χ0v) is 14.3. The molecule has 8 heteroatoms. The maximum atomic E-state index is 12.5. The Morgan fingerprint density at radius 1 is 1.22 bits per heavy atom. The van der Waals surface area contributed by atoms with Gasteiger partial charge in [-0.25, -0.2) is 13.1 Å². The van der Waals surface area contributed by atoms with E-state index in [0.29, 0.717) is 35.6 Å². The lowest BCUT2D eigenvalue weighted by atomic mass is 10.0. The molecule has 0 radical (unpaired) electrons. The van der Waals surface area contributed by atoms with Crippen molar-refractivity contribution in [2.45, 2.75) is 57.4 Å². The van der Waals surface area contributed by atoms with Crippen LogP contribution in [0.15, 0.2) is 19.8 Å². The highest BCUT2D eigenvalue weighted by atomic mass is 32.2. The highest BCUT2D eigenvalue weighted by molar-refractivity contribution is 7.89. The summed E-state index contributed by atoms with van der Waals surface area (Å²) in [6.07, 6.45) is 3.23. The van der Waals surface area contributed by atoms with Crippen LogP contribution in [0.4, 0.5) is 0 Å². The molecule has 0 aliphatic heterocycles. The Kier molecular flexibility index (Phi) is 4.29. The van der Waals surface area contributed by atoms with Crippen LogP contribution in [0.5, 0.6) is 0 Å². The summed E-state index contributed by atoms with van der Waals surface area (Å²) in [6, 6.07) is 1.49. The van der Waals surface area contributed by atoms with Gasteiger partial charge in [-0.1, -0.05) is 0 Å². The SMILES string of the molecule is Cc1cc(S(=O)(=O)N[C@H]2CC[C@@H](Cc3nnc(C)o3)C2)c(C)o1. The number of sulfonamides is 1. The minimum absolute atomic E-state index is 0.0661. The highest BCUT2D eigenvalue weighted by Gasteiger charge is 2.31. The van der Waals surface area contributed by atoms with E-state index in [1.54, 1.807) is 26.8 Å². The van der Waals surface area contributed by atoms with Gasteiger partial charge in [-0.05, 0) is 45.1 Å². The summed E-state index contributed by atoms with van der Waals surface area (Å²) in [5, 5.41) is 7.82. The second-order valence-corrected chi connectivity index (χ2v) is 7.88. The minimum atomic E-state index is -3.54. The molecule has 1 saturated carbocycles. The summed E-state index contributed by atoms with van der Waals surface area (Å²) in [6.45, 7) is 5.16. The van der Waals surface area contributed by atoms with E-state index in [0.717, 1.165) is 19.3 Å². The van der Waals surface area contributed by atoms with Crippen molar-refractivity contribution in [3.05, 3.63) is 29.4 Å². The van der Waals surface area contributed by atoms with E-state index in [1.165, 1.54) is 0 Å². The molecule has 3 rings (SSSR count). The molecule has 2 atom stereocenters. The third-order valence-electron chi connectivity index (χ3n) is 4.18. The first-order valence-corrected chi connectivity index (χ1v) is 9.20. The van der Waals surface area contributed by atoms with Gasteiger partial charge in [0.1, 0.15) is 16.4 Å². The molecule has 0 aromatic carbocycles. The van der Waals surface area contributed by atoms with E-state index in [1.807, 2.05) is 0 Å². The molecule has 2 heterocycles.